The monoisotopic (exact) mass is 354 g/mol. The molecule has 1 heterocycles. The highest BCUT2D eigenvalue weighted by atomic mass is 19.1. The van der Waals surface area contributed by atoms with Crippen molar-refractivity contribution in [2.75, 3.05) is 30.9 Å². The number of para-hydroxylation sites is 1. The highest BCUT2D eigenvalue weighted by Gasteiger charge is 2.03. The van der Waals surface area contributed by atoms with Gasteiger partial charge >= 0.3 is 0 Å². The second-order valence-electron chi connectivity index (χ2n) is 5.32. The van der Waals surface area contributed by atoms with Crippen LogP contribution in [0, 0.1) is 5.82 Å². The lowest BCUT2D eigenvalue weighted by molar-refractivity contribution is 0.331. The van der Waals surface area contributed by atoms with Gasteiger partial charge in [-0.05, 0) is 42.5 Å². The van der Waals surface area contributed by atoms with Crippen molar-refractivity contribution in [2.24, 2.45) is 0 Å². The molecule has 0 saturated heterocycles. The van der Waals surface area contributed by atoms with Crippen LogP contribution in [-0.4, -0.2) is 30.2 Å². The molecule has 0 spiro atoms. The summed E-state index contributed by atoms with van der Waals surface area (Å²) in [5.41, 5.74) is 0.361. The molecule has 7 heteroatoms. The maximum atomic E-state index is 13.7. The largest absolute Gasteiger partial charge is 0.497 e. The van der Waals surface area contributed by atoms with E-state index in [1.54, 1.807) is 37.6 Å². The first-order chi connectivity index (χ1) is 12.7. The maximum absolute atomic E-state index is 13.7. The molecule has 3 rings (SSSR count). The van der Waals surface area contributed by atoms with Crippen molar-refractivity contribution in [3.8, 4) is 11.5 Å². The minimum absolute atomic E-state index is 0.339. The van der Waals surface area contributed by atoms with Crippen molar-refractivity contribution in [2.45, 2.75) is 0 Å². The number of anilines is 3. The van der Waals surface area contributed by atoms with Crippen molar-refractivity contribution in [3.05, 3.63) is 66.6 Å². The van der Waals surface area contributed by atoms with E-state index < -0.39 is 0 Å². The highest BCUT2D eigenvalue weighted by molar-refractivity contribution is 5.57. The predicted molar refractivity (Wildman–Crippen MR) is 98.7 cm³/mol. The average molecular weight is 354 g/mol. The average Bonchev–Trinajstić information content (AvgIpc) is 2.68. The van der Waals surface area contributed by atoms with Crippen LogP contribution >= 0.6 is 0 Å². The number of methoxy groups -OCH3 is 1. The Balaban J connectivity index is 1.50. The standard InChI is InChI=1S/C19H19FN4O2/c1-25-14-6-8-15(9-7-14)26-13-12-22-19-21-11-10-18(24-19)23-17-5-3-2-4-16(17)20/h2-11H,12-13H2,1H3,(H2,21,22,23,24). The van der Waals surface area contributed by atoms with Gasteiger partial charge in [0.05, 0.1) is 19.3 Å². The highest BCUT2D eigenvalue weighted by Crippen LogP contribution is 2.19. The van der Waals surface area contributed by atoms with Gasteiger partial charge in [-0.1, -0.05) is 12.1 Å². The molecule has 134 valence electrons. The molecule has 2 aromatic carbocycles. The zero-order valence-corrected chi connectivity index (χ0v) is 14.3. The summed E-state index contributed by atoms with van der Waals surface area (Å²) in [6.07, 6.45) is 1.60. The Morgan fingerprint density at radius 1 is 1.00 bits per heavy atom. The molecule has 0 fully saturated rings. The van der Waals surface area contributed by atoms with Gasteiger partial charge in [0, 0.05) is 6.20 Å². The Morgan fingerprint density at radius 2 is 1.77 bits per heavy atom. The molecular weight excluding hydrogens is 335 g/mol. The first kappa shape index (κ1) is 17.5. The summed E-state index contributed by atoms with van der Waals surface area (Å²) >= 11 is 0. The third kappa shape index (κ3) is 4.83. The summed E-state index contributed by atoms with van der Waals surface area (Å²) in [4.78, 5) is 8.45. The number of aromatic nitrogens is 2. The predicted octanol–water partition coefficient (Wildman–Crippen LogP) is 3.86. The number of nitrogens with one attached hydrogen (secondary N) is 2. The summed E-state index contributed by atoms with van der Waals surface area (Å²) in [7, 11) is 1.62. The normalized spacial score (nSPS) is 10.2. The molecule has 0 atom stereocenters. The summed E-state index contributed by atoms with van der Waals surface area (Å²) < 4.78 is 24.4. The summed E-state index contributed by atoms with van der Waals surface area (Å²) in [5, 5.41) is 6.00. The van der Waals surface area contributed by atoms with E-state index in [0.717, 1.165) is 11.5 Å². The van der Waals surface area contributed by atoms with E-state index in [2.05, 4.69) is 20.6 Å². The van der Waals surface area contributed by atoms with Crippen molar-refractivity contribution < 1.29 is 13.9 Å². The lowest BCUT2D eigenvalue weighted by Crippen LogP contribution is -2.13. The molecule has 3 aromatic rings. The molecule has 0 unspecified atom stereocenters. The number of hydrogen-bond acceptors (Lipinski definition) is 6. The molecule has 1 aromatic heterocycles. The molecular formula is C19H19FN4O2. The van der Waals surface area contributed by atoms with Crippen LogP contribution in [0.1, 0.15) is 0 Å². The van der Waals surface area contributed by atoms with E-state index in [9.17, 15) is 4.39 Å². The van der Waals surface area contributed by atoms with Crippen LogP contribution in [0.3, 0.4) is 0 Å². The number of nitrogens with zero attached hydrogens (tertiary/aromatic N) is 2. The van der Waals surface area contributed by atoms with Gasteiger partial charge in [-0.3, -0.25) is 0 Å². The fourth-order valence-corrected chi connectivity index (χ4v) is 2.22. The fraction of sp³-hybridized carbons (Fsp3) is 0.158. The number of rotatable bonds is 8. The summed E-state index contributed by atoms with van der Waals surface area (Å²) in [6.45, 7) is 0.968. The van der Waals surface area contributed by atoms with Crippen LogP contribution in [0.4, 0.5) is 21.8 Å². The molecule has 0 radical (unpaired) electrons. The van der Waals surface area contributed by atoms with Gasteiger partial charge in [-0.2, -0.15) is 4.98 Å². The van der Waals surface area contributed by atoms with Crippen molar-refractivity contribution in [3.63, 3.8) is 0 Å². The third-order valence-corrected chi connectivity index (χ3v) is 3.51. The van der Waals surface area contributed by atoms with Gasteiger partial charge in [0.15, 0.2) is 0 Å². The van der Waals surface area contributed by atoms with E-state index >= 15 is 0 Å². The Bertz CT molecular complexity index is 843. The Morgan fingerprint density at radius 3 is 2.54 bits per heavy atom. The molecule has 0 aliphatic rings. The molecule has 0 amide bonds. The van der Waals surface area contributed by atoms with Crippen molar-refractivity contribution in [1.29, 1.82) is 0 Å². The van der Waals surface area contributed by atoms with Crippen LogP contribution < -0.4 is 20.1 Å². The Hall–Kier alpha value is -3.35. The first-order valence-corrected chi connectivity index (χ1v) is 8.10. The number of hydrogen-bond donors (Lipinski definition) is 2. The summed E-state index contributed by atoms with van der Waals surface area (Å²) in [5.74, 6) is 2.13. The van der Waals surface area contributed by atoms with Gasteiger partial charge in [-0.25, -0.2) is 9.37 Å². The van der Waals surface area contributed by atoms with Crippen LogP contribution in [0.2, 0.25) is 0 Å². The SMILES string of the molecule is COc1ccc(OCCNc2nccc(Nc3ccccc3F)n2)cc1. The number of halogens is 1. The minimum atomic E-state index is -0.339. The fourth-order valence-electron chi connectivity index (χ4n) is 2.22. The van der Waals surface area contributed by atoms with Gasteiger partial charge in [0.1, 0.15) is 29.7 Å². The molecule has 0 aliphatic heterocycles. The van der Waals surface area contributed by atoms with Gasteiger partial charge in [0.25, 0.3) is 0 Å². The van der Waals surface area contributed by atoms with Crippen molar-refractivity contribution >= 4 is 17.5 Å². The van der Waals surface area contributed by atoms with Gasteiger partial charge in [0.2, 0.25) is 5.95 Å². The van der Waals surface area contributed by atoms with Crippen molar-refractivity contribution in [1.82, 2.24) is 9.97 Å². The van der Waals surface area contributed by atoms with E-state index in [0.29, 0.717) is 30.6 Å². The molecule has 26 heavy (non-hydrogen) atoms. The van der Waals surface area contributed by atoms with E-state index in [4.69, 9.17) is 9.47 Å². The molecule has 0 saturated carbocycles. The zero-order chi connectivity index (χ0) is 18.2. The zero-order valence-electron chi connectivity index (χ0n) is 14.3. The van der Waals surface area contributed by atoms with Gasteiger partial charge < -0.3 is 20.1 Å². The van der Waals surface area contributed by atoms with E-state index in [1.807, 2.05) is 24.3 Å². The summed E-state index contributed by atoms with van der Waals surface area (Å²) in [6, 6.07) is 15.5. The second-order valence-corrected chi connectivity index (χ2v) is 5.32. The number of ether oxygens (including phenoxy) is 2. The molecule has 6 nitrogen and oxygen atoms in total. The lowest BCUT2D eigenvalue weighted by Gasteiger charge is -2.10. The van der Waals surface area contributed by atoms with E-state index in [-0.39, 0.29) is 5.82 Å². The minimum Gasteiger partial charge on any atom is -0.497 e. The maximum Gasteiger partial charge on any atom is 0.224 e. The quantitative estimate of drug-likeness (QED) is 0.599. The first-order valence-electron chi connectivity index (χ1n) is 8.10. The molecule has 0 bridgehead atoms. The third-order valence-electron chi connectivity index (χ3n) is 3.51. The Kier molecular flexibility index (Phi) is 5.82. The Labute approximate surface area is 151 Å². The van der Waals surface area contributed by atoms with Crippen LogP contribution in [0.25, 0.3) is 0 Å². The van der Waals surface area contributed by atoms with E-state index in [1.165, 1.54) is 6.07 Å². The van der Waals surface area contributed by atoms with Gasteiger partial charge in [-0.15, -0.1) is 0 Å². The second kappa shape index (κ2) is 8.66. The topological polar surface area (TPSA) is 68.3 Å². The number of benzene rings is 2. The lowest BCUT2D eigenvalue weighted by atomic mass is 10.3. The van der Waals surface area contributed by atoms with Crippen LogP contribution in [0.5, 0.6) is 11.5 Å². The van der Waals surface area contributed by atoms with Crippen LogP contribution in [-0.2, 0) is 0 Å². The smallest absolute Gasteiger partial charge is 0.224 e. The molecule has 0 aliphatic carbocycles. The molecule has 2 N–H and O–H groups in total. The van der Waals surface area contributed by atoms with Crippen LogP contribution in [0.15, 0.2) is 60.8 Å².